The highest BCUT2D eigenvalue weighted by Crippen LogP contribution is 2.20. The molecule has 114 valence electrons. The van der Waals surface area contributed by atoms with Crippen LogP contribution in [0.3, 0.4) is 0 Å². The Morgan fingerprint density at radius 1 is 1.20 bits per heavy atom. The molecule has 0 amide bonds. The molecule has 1 aromatic rings. The van der Waals surface area contributed by atoms with E-state index in [0.717, 1.165) is 5.56 Å². The number of aliphatic hydroxyl groups excluding tert-OH is 1. The molecular formula is C14H24N2O3S. The summed E-state index contributed by atoms with van der Waals surface area (Å²) >= 11 is 0. The second-order valence-electron chi connectivity index (χ2n) is 5.14. The molecule has 1 atom stereocenters. The van der Waals surface area contributed by atoms with E-state index in [-0.39, 0.29) is 23.6 Å². The van der Waals surface area contributed by atoms with E-state index in [2.05, 4.69) is 0 Å². The lowest BCUT2D eigenvalue weighted by molar-refractivity contribution is 0.258. The lowest BCUT2D eigenvalue weighted by atomic mass is 10.1. The molecule has 0 aliphatic heterocycles. The average molecular weight is 300 g/mol. The SMILES string of the molecule is CC(N)c1ccc(S(=O)(=O)N(CCCO)C(C)C)cc1. The van der Waals surface area contributed by atoms with Gasteiger partial charge >= 0.3 is 0 Å². The maximum Gasteiger partial charge on any atom is 0.243 e. The Morgan fingerprint density at radius 2 is 1.75 bits per heavy atom. The van der Waals surface area contributed by atoms with Crippen molar-refractivity contribution in [3.05, 3.63) is 29.8 Å². The van der Waals surface area contributed by atoms with Gasteiger partial charge in [0, 0.05) is 25.2 Å². The first kappa shape index (κ1) is 17.1. The molecule has 0 fully saturated rings. The molecule has 1 rings (SSSR count). The third-order valence-corrected chi connectivity index (χ3v) is 5.21. The van der Waals surface area contributed by atoms with Crippen molar-refractivity contribution in [1.29, 1.82) is 0 Å². The number of hydrogen-bond donors (Lipinski definition) is 2. The first-order valence-corrected chi connectivity index (χ1v) is 8.23. The van der Waals surface area contributed by atoms with Gasteiger partial charge in [-0.25, -0.2) is 8.42 Å². The summed E-state index contributed by atoms with van der Waals surface area (Å²) in [6, 6.07) is 6.37. The minimum Gasteiger partial charge on any atom is -0.396 e. The van der Waals surface area contributed by atoms with Crippen molar-refractivity contribution in [2.75, 3.05) is 13.2 Å². The fourth-order valence-electron chi connectivity index (χ4n) is 1.96. The van der Waals surface area contributed by atoms with Gasteiger partial charge in [-0.2, -0.15) is 4.31 Å². The smallest absolute Gasteiger partial charge is 0.243 e. The van der Waals surface area contributed by atoms with Gasteiger partial charge in [0.1, 0.15) is 0 Å². The zero-order valence-corrected chi connectivity index (χ0v) is 13.1. The molecule has 0 aliphatic carbocycles. The van der Waals surface area contributed by atoms with E-state index in [9.17, 15) is 8.42 Å². The van der Waals surface area contributed by atoms with Gasteiger partial charge in [0.15, 0.2) is 0 Å². The Labute approximate surface area is 121 Å². The summed E-state index contributed by atoms with van der Waals surface area (Å²) in [5.74, 6) is 0. The van der Waals surface area contributed by atoms with E-state index in [4.69, 9.17) is 10.8 Å². The predicted octanol–water partition coefficient (Wildman–Crippen LogP) is 1.49. The van der Waals surface area contributed by atoms with E-state index >= 15 is 0 Å². The fraction of sp³-hybridized carbons (Fsp3) is 0.571. The molecule has 0 spiro atoms. The van der Waals surface area contributed by atoms with Crippen LogP contribution in [0, 0.1) is 0 Å². The van der Waals surface area contributed by atoms with Crippen molar-refractivity contribution in [2.45, 2.75) is 44.2 Å². The second kappa shape index (κ2) is 7.17. The quantitative estimate of drug-likeness (QED) is 0.799. The van der Waals surface area contributed by atoms with Crippen LogP contribution < -0.4 is 5.73 Å². The first-order chi connectivity index (χ1) is 9.30. The van der Waals surface area contributed by atoms with Crippen LogP contribution in [0.5, 0.6) is 0 Å². The lowest BCUT2D eigenvalue weighted by Gasteiger charge is -2.25. The Hall–Kier alpha value is -0.950. The molecule has 1 aromatic carbocycles. The fourth-order valence-corrected chi connectivity index (χ4v) is 3.64. The molecule has 0 heterocycles. The van der Waals surface area contributed by atoms with Crippen molar-refractivity contribution < 1.29 is 13.5 Å². The van der Waals surface area contributed by atoms with Gasteiger partial charge in [-0.1, -0.05) is 12.1 Å². The molecule has 0 radical (unpaired) electrons. The highest BCUT2D eigenvalue weighted by molar-refractivity contribution is 7.89. The van der Waals surface area contributed by atoms with Crippen LogP contribution in [0.4, 0.5) is 0 Å². The van der Waals surface area contributed by atoms with Crippen LogP contribution in [0.1, 0.15) is 38.8 Å². The minimum absolute atomic E-state index is 0.0254. The summed E-state index contributed by atoms with van der Waals surface area (Å²) in [6.07, 6.45) is 0.426. The van der Waals surface area contributed by atoms with Crippen molar-refractivity contribution in [3.8, 4) is 0 Å². The monoisotopic (exact) mass is 300 g/mol. The summed E-state index contributed by atoms with van der Waals surface area (Å²) in [5.41, 5.74) is 6.66. The molecule has 0 aliphatic rings. The minimum atomic E-state index is -3.53. The maximum absolute atomic E-state index is 12.6. The average Bonchev–Trinajstić information content (AvgIpc) is 2.38. The van der Waals surface area contributed by atoms with E-state index in [1.165, 1.54) is 4.31 Å². The van der Waals surface area contributed by atoms with E-state index in [1.807, 2.05) is 20.8 Å². The zero-order chi connectivity index (χ0) is 15.3. The second-order valence-corrected chi connectivity index (χ2v) is 7.03. The summed E-state index contributed by atoms with van der Waals surface area (Å²) < 4.78 is 26.6. The molecule has 1 unspecified atom stereocenters. The molecule has 0 aromatic heterocycles. The van der Waals surface area contributed by atoms with Gasteiger partial charge in [0.25, 0.3) is 0 Å². The highest BCUT2D eigenvalue weighted by atomic mass is 32.2. The topological polar surface area (TPSA) is 83.6 Å². The molecular weight excluding hydrogens is 276 g/mol. The van der Waals surface area contributed by atoms with Crippen LogP contribution in [0.2, 0.25) is 0 Å². The third-order valence-electron chi connectivity index (χ3n) is 3.13. The number of sulfonamides is 1. The van der Waals surface area contributed by atoms with E-state index in [0.29, 0.717) is 13.0 Å². The molecule has 0 saturated heterocycles. The number of nitrogens with zero attached hydrogens (tertiary/aromatic N) is 1. The standard InChI is InChI=1S/C14H24N2O3S/c1-11(2)16(9-4-10-17)20(18,19)14-7-5-13(6-8-14)12(3)15/h5-8,11-12,17H,4,9-10,15H2,1-3H3. The highest BCUT2D eigenvalue weighted by Gasteiger charge is 2.26. The van der Waals surface area contributed by atoms with Gasteiger partial charge in [0.05, 0.1) is 4.90 Å². The summed E-state index contributed by atoms with van der Waals surface area (Å²) in [4.78, 5) is 0.258. The number of benzene rings is 1. The largest absolute Gasteiger partial charge is 0.396 e. The van der Waals surface area contributed by atoms with Crippen LogP contribution >= 0.6 is 0 Å². The molecule has 0 saturated carbocycles. The molecule has 5 nitrogen and oxygen atoms in total. The zero-order valence-electron chi connectivity index (χ0n) is 12.3. The van der Waals surface area contributed by atoms with Crippen LogP contribution in [0.15, 0.2) is 29.2 Å². The van der Waals surface area contributed by atoms with Gasteiger partial charge in [-0.3, -0.25) is 0 Å². The molecule has 0 bridgehead atoms. The Kier molecular flexibility index (Phi) is 6.13. The first-order valence-electron chi connectivity index (χ1n) is 6.79. The normalized spacial score (nSPS) is 13.9. The van der Waals surface area contributed by atoms with Crippen molar-refractivity contribution in [3.63, 3.8) is 0 Å². The summed E-state index contributed by atoms with van der Waals surface area (Å²) in [6.45, 7) is 5.79. The van der Waals surface area contributed by atoms with Gasteiger partial charge in [-0.05, 0) is 44.9 Å². The molecule has 20 heavy (non-hydrogen) atoms. The maximum atomic E-state index is 12.6. The number of nitrogens with two attached hydrogens (primary N) is 1. The van der Waals surface area contributed by atoms with E-state index < -0.39 is 10.0 Å². The van der Waals surface area contributed by atoms with Crippen LogP contribution in [0.25, 0.3) is 0 Å². The van der Waals surface area contributed by atoms with Gasteiger partial charge in [-0.15, -0.1) is 0 Å². The lowest BCUT2D eigenvalue weighted by Crippen LogP contribution is -2.38. The van der Waals surface area contributed by atoms with Crippen LogP contribution in [-0.4, -0.2) is 37.0 Å². The number of rotatable bonds is 7. The number of aliphatic hydroxyl groups is 1. The van der Waals surface area contributed by atoms with Gasteiger partial charge in [0.2, 0.25) is 10.0 Å². The van der Waals surface area contributed by atoms with Crippen molar-refractivity contribution in [1.82, 2.24) is 4.31 Å². The molecule has 3 N–H and O–H groups in total. The van der Waals surface area contributed by atoms with Gasteiger partial charge < -0.3 is 10.8 Å². The third kappa shape index (κ3) is 4.02. The summed E-state index contributed by atoms with van der Waals surface area (Å²) in [5, 5.41) is 8.90. The Morgan fingerprint density at radius 3 is 2.15 bits per heavy atom. The van der Waals surface area contributed by atoms with Crippen LogP contribution in [-0.2, 0) is 10.0 Å². The van der Waals surface area contributed by atoms with Crippen molar-refractivity contribution >= 4 is 10.0 Å². The van der Waals surface area contributed by atoms with E-state index in [1.54, 1.807) is 24.3 Å². The predicted molar refractivity (Wildman–Crippen MR) is 79.8 cm³/mol. The Balaban J connectivity index is 3.06. The molecule has 6 heteroatoms. The van der Waals surface area contributed by atoms with Crippen molar-refractivity contribution in [2.24, 2.45) is 5.73 Å². The summed E-state index contributed by atoms with van der Waals surface area (Å²) in [7, 11) is -3.53. The number of hydrogen-bond acceptors (Lipinski definition) is 4. The Bertz CT molecular complexity index is 510.